The van der Waals surface area contributed by atoms with Crippen molar-refractivity contribution in [1.82, 2.24) is 8.61 Å². The lowest BCUT2D eigenvalue weighted by Gasteiger charge is -2.37. The summed E-state index contributed by atoms with van der Waals surface area (Å²) >= 11 is 1.58. The van der Waals surface area contributed by atoms with Gasteiger partial charge in [-0.1, -0.05) is 6.07 Å². The molecule has 6 nitrogen and oxygen atoms in total. The smallest absolute Gasteiger partial charge is 0.282 e. The maximum absolute atomic E-state index is 13.2. The fourth-order valence-electron chi connectivity index (χ4n) is 3.31. The SMILES string of the molecule is CC1CN(S(=O)(=O)N(Cc2cccs2)CC2CCCO2)CC(C)O1. The predicted octanol–water partition coefficient (Wildman–Crippen LogP) is 2.08. The van der Waals surface area contributed by atoms with Crippen molar-refractivity contribution in [3.05, 3.63) is 22.4 Å². The molecule has 3 heterocycles. The molecule has 0 saturated carbocycles. The molecular weight excluding hydrogens is 348 g/mol. The summed E-state index contributed by atoms with van der Waals surface area (Å²) in [5, 5.41) is 1.98. The first-order chi connectivity index (χ1) is 11.4. The third-order valence-corrected chi connectivity index (χ3v) is 7.12. The van der Waals surface area contributed by atoms with Crippen molar-refractivity contribution >= 4 is 21.5 Å². The van der Waals surface area contributed by atoms with E-state index in [9.17, 15) is 8.42 Å². The Balaban J connectivity index is 1.78. The highest BCUT2D eigenvalue weighted by atomic mass is 32.2. The molecule has 1 aromatic heterocycles. The number of hydrogen-bond donors (Lipinski definition) is 0. The van der Waals surface area contributed by atoms with Gasteiger partial charge in [0.05, 0.1) is 18.3 Å². The van der Waals surface area contributed by atoms with E-state index in [2.05, 4.69) is 0 Å². The van der Waals surface area contributed by atoms with Gasteiger partial charge in [-0.3, -0.25) is 0 Å². The van der Waals surface area contributed by atoms with Gasteiger partial charge in [0.2, 0.25) is 0 Å². The number of rotatable bonds is 6. The van der Waals surface area contributed by atoms with Crippen LogP contribution < -0.4 is 0 Å². The first-order valence-corrected chi connectivity index (χ1v) is 10.8. The van der Waals surface area contributed by atoms with Crippen LogP contribution in [0.3, 0.4) is 0 Å². The van der Waals surface area contributed by atoms with Gasteiger partial charge >= 0.3 is 0 Å². The quantitative estimate of drug-likeness (QED) is 0.765. The van der Waals surface area contributed by atoms with Gasteiger partial charge in [-0.15, -0.1) is 11.3 Å². The van der Waals surface area contributed by atoms with Crippen LogP contribution in [0.5, 0.6) is 0 Å². The molecule has 8 heteroatoms. The number of nitrogens with zero attached hydrogens (tertiary/aromatic N) is 2. The summed E-state index contributed by atoms with van der Waals surface area (Å²) in [5.74, 6) is 0. The molecule has 3 unspecified atom stereocenters. The van der Waals surface area contributed by atoms with Gasteiger partial charge in [-0.25, -0.2) is 0 Å². The van der Waals surface area contributed by atoms with E-state index < -0.39 is 10.2 Å². The lowest BCUT2D eigenvalue weighted by molar-refractivity contribution is -0.0458. The average Bonchev–Trinajstić information content (AvgIpc) is 3.19. The first-order valence-electron chi connectivity index (χ1n) is 8.50. The molecule has 2 aliphatic heterocycles. The Hall–Kier alpha value is -0.510. The van der Waals surface area contributed by atoms with E-state index in [1.165, 1.54) is 0 Å². The van der Waals surface area contributed by atoms with Crippen LogP contribution in [0.25, 0.3) is 0 Å². The minimum absolute atomic E-state index is 0.00405. The molecule has 24 heavy (non-hydrogen) atoms. The van der Waals surface area contributed by atoms with E-state index in [1.807, 2.05) is 31.4 Å². The van der Waals surface area contributed by atoms with Crippen molar-refractivity contribution in [2.75, 3.05) is 26.2 Å². The summed E-state index contributed by atoms with van der Waals surface area (Å²) in [6, 6.07) is 3.93. The summed E-state index contributed by atoms with van der Waals surface area (Å²) in [6.45, 7) is 6.19. The lowest BCUT2D eigenvalue weighted by atomic mass is 10.2. The average molecular weight is 375 g/mol. The fraction of sp³-hybridized carbons (Fsp3) is 0.750. The van der Waals surface area contributed by atoms with E-state index >= 15 is 0 Å². The van der Waals surface area contributed by atoms with Crippen LogP contribution in [-0.2, 0) is 26.2 Å². The van der Waals surface area contributed by atoms with Gasteiger partial charge < -0.3 is 9.47 Å². The maximum Gasteiger partial charge on any atom is 0.282 e. The zero-order valence-corrected chi connectivity index (χ0v) is 15.9. The van der Waals surface area contributed by atoms with Gasteiger partial charge in [0.25, 0.3) is 10.2 Å². The third kappa shape index (κ3) is 4.36. The molecule has 2 saturated heterocycles. The second kappa shape index (κ2) is 7.80. The number of morpholine rings is 1. The molecule has 2 fully saturated rings. The maximum atomic E-state index is 13.2. The van der Waals surface area contributed by atoms with Crippen LogP contribution in [0.2, 0.25) is 0 Å². The van der Waals surface area contributed by atoms with Gasteiger partial charge in [0.1, 0.15) is 0 Å². The molecule has 0 N–H and O–H groups in total. The number of hydrogen-bond acceptors (Lipinski definition) is 5. The standard InChI is InChI=1S/C16H26N2O4S2/c1-13-9-17(10-14(2)22-13)24(19,20)18(11-15-5-3-7-21-15)12-16-6-4-8-23-16/h4,6,8,13-15H,3,5,7,9-12H2,1-2H3. The van der Waals surface area contributed by atoms with Gasteiger partial charge in [0.15, 0.2) is 0 Å². The zero-order chi connectivity index (χ0) is 17.2. The van der Waals surface area contributed by atoms with Crippen molar-refractivity contribution < 1.29 is 17.9 Å². The molecular formula is C16H26N2O4S2. The van der Waals surface area contributed by atoms with Gasteiger partial charge in [-0.2, -0.15) is 17.0 Å². The summed E-state index contributed by atoms with van der Waals surface area (Å²) < 4.78 is 41.0. The van der Waals surface area contributed by atoms with Crippen LogP contribution >= 0.6 is 11.3 Å². The Labute approximate surface area is 148 Å². The summed E-state index contributed by atoms with van der Waals surface area (Å²) in [7, 11) is -3.54. The molecule has 0 spiro atoms. The van der Waals surface area contributed by atoms with Gasteiger partial charge in [-0.05, 0) is 38.1 Å². The number of thiophene rings is 1. The molecule has 3 atom stereocenters. The highest BCUT2D eigenvalue weighted by molar-refractivity contribution is 7.86. The van der Waals surface area contributed by atoms with Crippen molar-refractivity contribution in [3.8, 4) is 0 Å². The monoisotopic (exact) mass is 374 g/mol. The minimum atomic E-state index is -3.54. The Morgan fingerprint density at radius 3 is 2.67 bits per heavy atom. The van der Waals surface area contributed by atoms with Crippen LogP contribution in [-0.4, -0.2) is 61.6 Å². The highest BCUT2D eigenvalue weighted by Crippen LogP contribution is 2.23. The fourth-order valence-corrected chi connectivity index (χ4v) is 5.90. The van der Waals surface area contributed by atoms with Gasteiger partial charge in [0, 0.05) is 37.7 Å². The van der Waals surface area contributed by atoms with E-state index in [0.29, 0.717) is 26.2 Å². The summed E-state index contributed by atoms with van der Waals surface area (Å²) in [5.41, 5.74) is 0. The largest absolute Gasteiger partial charge is 0.377 e. The Morgan fingerprint density at radius 1 is 1.33 bits per heavy atom. The molecule has 3 rings (SSSR count). The second-order valence-corrected chi connectivity index (χ2v) is 9.55. The molecule has 1 aromatic rings. The Morgan fingerprint density at radius 2 is 2.08 bits per heavy atom. The predicted molar refractivity (Wildman–Crippen MR) is 94.2 cm³/mol. The van der Waals surface area contributed by atoms with E-state index in [0.717, 1.165) is 24.3 Å². The normalized spacial score (nSPS) is 29.4. The van der Waals surface area contributed by atoms with Crippen LogP contribution in [0.15, 0.2) is 17.5 Å². The molecule has 0 amide bonds. The Bertz CT molecular complexity index is 604. The van der Waals surface area contributed by atoms with Crippen LogP contribution in [0, 0.1) is 0 Å². The lowest BCUT2D eigenvalue weighted by Crippen LogP contribution is -2.53. The summed E-state index contributed by atoms with van der Waals surface area (Å²) in [6.07, 6.45) is 1.75. The number of ether oxygens (including phenoxy) is 2. The minimum Gasteiger partial charge on any atom is -0.377 e. The molecule has 0 aromatic carbocycles. The third-order valence-electron chi connectivity index (χ3n) is 4.38. The molecule has 0 radical (unpaired) electrons. The van der Waals surface area contributed by atoms with Crippen LogP contribution in [0.4, 0.5) is 0 Å². The van der Waals surface area contributed by atoms with E-state index in [1.54, 1.807) is 19.9 Å². The van der Waals surface area contributed by atoms with Crippen molar-refractivity contribution in [2.24, 2.45) is 0 Å². The van der Waals surface area contributed by atoms with Crippen LogP contribution in [0.1, 0.15) is 31.6 Å². The topological polar surface area (TPSA) is 59.1 Å². The molecule has 136 valence electrons. The van der Waals surface area contributed by atoms with Crippen molar-refractivity contribution in [1.29, 1.82) is 0 Å². The second-order valence-electron chi connectivity index (χ2n) is 6.59. The molecule has 2 aliphatic rings. The van der Waals surface area contributed by atoms with E-state index in [4.69, 9.17) is 9.47 Å². The summed E-state index contributed by atoms with van der Waals surface area (Å²) in [4.78, 5) is 1.05. The van der Waals surface area contributed by atoms with Crippen molar-refractivity contribution in [3.63, 3.8) is 0 Å². The van der Waals surface area contributed by atoms with E-state index in [-0.39, 0.29) is 18.3 Å². The highest BCUT2D eigenvalue weighted by Gasteiger charge is 2.37. The first kappa shape index (κ1) is 18.3. The van der Waals surface area contributed by atoms with Crippen molar-refractivity contribution in [2.45, 2.75) is 51.5 Å². The Kier molecular flexibility index (Phi) is 5.94. The molecule has 0 aliphatic carbocycles. The zero-order valence-electron chi connectivity index (χ0n) is 14.3. The molecule has 0 bridgehead atoms.